The maximum absolute atomic E-state index is 12.1. The van der Waals surface area contributed by atoms with Crippen molar-refractivity contribution in [1.29, 1.82) is 0 Å². The Hall–Kier alpha value is -2.35. The fourth-order valence-corrected chi connectivity index (χ4v) is 3.95. The van der Waals surface area contributed by atoms with E-state index in [1.807, 2.05) is 19.9 Å². The van der Waals surface area contributed by atoms with Crippen LogP contribution in [0, 0.1) is 5.92 Å². The first-order valence-electron chi connectivity index (χ1n) is 9.23. The Kier molecular flexibility index (Phi) is 4.34. The van der Waals surface area contributed by atoms with Crippen molar-refractivity contribution in [2.45, 2.75) is 53.4 Å². The number of hydrogen-bond acceptors (Lipinski definition) is 1. The van der Waals surface area contributed by atoms with Gasteiger partial charge >= 0.3 is 0 Å². The van der Waals surface area contributed by atoms with Crippen LogP contribution in [0.2, 0.25) is 0 Å². The summed E-state index contributed by atoms with van der Waals surface area (Å²) in [6, 6.07) is 4.50. The van der Waals surface area contributed by atoms with Crippen molar-refractivity contribution in [3.05, 3.63) is 69.3 Å². The molecule has 1 unspecified atom stereocenters. The Morgan fingerprint density at radius 3 is 2.46 bits per heavy atom. The van der Waals surface area contributed by atoms with E-state index >= 15 is 0 Å². The van der Waals surface area contributed by atoms with Crippen LogP contribution in [0.3, 0.4) is 0 Å². The lowest BCUT2D eigenvalue weighted by Crippen LogP contribution is -2.17. The number of carbonyl (C=O) groups excluding carboxylic acids is 1. The van der Waals surface area contributed by atoms with Crippen LogP contribution in [0.1, 0.15) is 63.8 Å². The third-order valence-electron chi connectivity index (χ3n) is 5.61. The highest BCUT2D eigenvalue weighted by Crippen LogP contribution is 2.43. The molecule has 2 aliphatic rings. The van der Waals surface area contributed by atoms with E-state index in [9.17, 15) is 4.79 Å². The van der Waals surface area contributed by atoms with Gasteiger partial charge in [-0.15, -0.1) is 0 Å². The molecule has 2 nitrogen and oxygen atoms in total. The van der Waals surface area contributed by atoms with Gasteiger partial charge in [-0.25, -0.2) is 0 Å². The maximum Gasteiger partial charge on any atom is 0.270 e. The number of benzene rings is 1. The standard InChI is InChI=1S/C24H28NO/c1-13-8-17-11-18(24(5,6)7)12-20(19(17)9-13)22-16(4)15(3)14(2)10-21(22)23(25)26/h8,10-12,14,25H,3,9H2,1-2,4-7H3. The van der Waals surface area contributed by atoms with E-state index in [4.69, 9.17) is 5.73 Å². The molecule has 135 valence electrons. The molecule has 0 aliphatic heterocycles. The highest BCUT2D eigenvalue weighted by atomic mass is 16.1. The Bertz CT molecular complexity index is 916. The molecule has 2 aliphatic carbocycles. The van der Waals surface area contributed by atoms with Gasteiger partial charge in [-0.05, 0) is 70.6 Å². The van der Waals surface area contributed by atoms with Gasteiger partial charge in [0.05, 0.1) is 0 Å². The summed E-state index contributed by atoms with van der Waals surface area (Å²) in [5.74, 6) is -0.530. The lowest BCUT2D eigenvalue weighted by molar-refractivity contribution is -0.114. The third kappa shape index (κ3) is 2.98. The summed E-state index contributed by atoms with van der Waals surface area (Å²) in [4.78, 5) is 12.1. The number of allylic oxidation sites excluding steroid dienone is 4. The minimum Gasteiger partial charge on any atom is -0.267 e. The number of amides is 1. The molecule has 1 atom stereocenters. The van der Waals surface area contributed by atoms with Crippen molar-refractivity contribution in [2.75, 3.05) is 0 Å². The molecule has 3 rings (SSSR count). The Morgan fingerprint density at radius 2 is 1.88 bits per heavy atom. The van der Waals surface area contributed by atoms with Gasteiger partial charge in [0.15, 0.2) is 0 Å². The second-order valence-electron chi connectivity index (χ2n) is 8.73. The van der Waals surface area contributed by atoms with Crippen LogP contribution in [0.5, 0.6) is 0 Å². The molecule has 1 amide bonds. The SMILES string of the molecule is C=C1C(C)=C(c2cc(C(C)(C)C)cc3c2CC(C)=C3)C(C([NH])=O)=CC1C. The van der Waals surface area contributed by atoms with Crippen molar-refractivity contribution in [3.63, 3.8) is 0 Å². The average Bonchev–Trinajstić information content (AvgIpc) is 2.91. The number of rotatable bonds is 2. The summed E-state index contributed by atoms with van der Waals surface area (Å²) in [6.07, 6.45) is 5.05. The lowest BCUT2D eigenvalue weighted by Gasteiger charge is -2.28. The molecule has 0 heterocycles. The van der Waals surface area contributed by atoms with Gasteiger partial charge < -0.3 is 0 Å². The summed E-state index contributed by atoms with van der Waals surface area (Å²) in [5, 5.41) is 0. The average molecular weight is 346 g/mol. The first-order valence-corrected chi connectivity index (χ1v) is 9.23. The highest BCUT2D eigenvalue weighted by Gasteiger charge is 2.29. The van der Waals surface area contributed by atoms with E-state index in [-0.39, 0.29) is 11.3 Å². The smallest absolute Gasteiger partial charge is 0.267 e. The summed E-state index contributed by atoms with van der Waals surface area (Å²) >= 11 is 0. The molecule has 0 aromatic heterocycles. The quantitative estimate of drug-likeness (QED) is 0.681. The topological polar surface area (TPSA) is 40.9 Å². The monoisotopic (exact) mass is 346 g/mol. The summed E-state index contributed by atoms with van der Waals surface area (Å²) in [6.45, 7) is 17.1. The minimum absolute atomic E-state index is 0.0103. The van der Waals surface area contributed by atoms with Crippen LogP contribution in [-0.4, -0.2) is 5.91 Å². The fraction of sp³-hybridized carbons (Fsp3) is 0.375. The predicted molar refractivity (Wildman–Crippen MR) is 110 cm³/mol. The van der Waals surface area contributed by atoms with Crippen LogP contribution in [0.15, 0.2) is 47.1 Å². The number of fused-ring (bicyclic) bond motifs is 1. The van der Waals surface area contributed by atoms with E-state index in [0.29, 0.717) is 5.57 Å². The first-order chi connectivity index (χ1) is 12.0. The van der Waals surface area contributed by atoms with Crippen LogP contribution >= 0.6 is 0 Å². The normalized spacial score (nSPS) is 20.1. The zero-order valence-corrected chi connectivity index (χ0v) is 16.7. The highest BCUT2D eigenvalue weighted by molar-refractivity contribution is 6.10. The van der Waals surface area contributed by atoms with Crippen molar-refractivity contribution in [2.24, 2.45) is 5.92 Å². The van der Waals surface area contributed by atoms with Gasteiger partial charge in [0.1, 0.15) is 0 Å². The molecule has 0 spiro atoms. The molecule has 0 saturated carbocycles. The maximum atomic E-state index is 12.1. The second kappa shape index (κ2) is 6.12. The predicted octanol–water partition coefficient (Wildman–Crippen LogP) is 5.66. The summed E-state index contributed by atoms with van der Waals surface area (Å²) in [5.41, 5.74) is 17.5. The number of carbonyl (C=O) groups is 1. The van der Waals surface area contributed by atoms with E-state index < -0.39 is 5.91 Å². The van der Waals surface area contributed by atoms with E-state index in [2.05, 4.69) is 52.5 Å². The van der Waals surface area contributed by atoms with Gasteiger partial charge in [0.25, 0.3) is 5.91 Å². The molecule has 0 fully saturated rings. The van der Waals surface area contributed by atoms with Gasteiger partial charge in [-0.1, -0.05) is 64.1 Å². The molecule has 0 bridgehead atoms. The van der Waals surface area contributed by atoms with Gasteiger partial charge in [-0.3, -0.25) is 10.5 Å². The molecule has 1 aromatic carbocycles. The van der Waals surface area contributed by atoms with Crippen LogP contribution in [0.4, 0.5) is 0 Å². The molecule has 2 heteroatoms. The zero-order chi connectivity index (χ0) is 19.4. The fourth-order valence-electron chi connectivity index (χ4n) is 3.95. The molecule has 1 aromatic rings. The Balaban J connectivity index is 2.33. The molecule has 0 saturated heterocycles. The summed E-state index contributed by atoms with van der Waals surface area (Å²) in [7, 11) is 0. The Morgan fingerprint density at radius 1 is 1.23 bits per heavy atom. The molecule has 1 radical (unpaired) electrons. The molecule has 26 heavy (non-hydrogen) atoms. The van der Waals surface area contributed by atoms with Crippen LogP contribution in [-0.2, 0) is 16.6 Å². The van der Waals surface area contributed by atoms with Crippen molar-refractivity contribution in [1.82, 2.24) is 5.73 Å². The van der Waals surface area contributed by atoms with Crippen LogP contribution in [0.25, 0.3) is 11.6 Å². The first kappa shape index (κ1) is 18.4. The van der Waals surface area contributed by atoms with Crippen LogP contribution < -0.4 is 5.73 Å². The summed E-state index contributed by atoms with van der Waals surface area (Å²) < 4.78 is 0. The number of hydrogen-bond donors (Lipinski definition) is 0. The largest absolute Gasteiger partial charge is 0.270 e. The van der Waals surface area contributed by atoms with E-state index in [1.54, 1.807) is 0 Å². The van der Waals surface area contributed by atoms with Crippen molar-refractivity contribution >= 4 is 17.6 Å². The lowest BCUT2D eigenvalue weighted by atomic mass is 9.76. The molecule has 1 N–H and O–H groups in total. The Labute approximate surface area is 157 Å². The number of nitrogens with one attached hydrogen (secondary N) is 1. The third-order valence-corrected chi connectivity index (χ3v) is 5.61. The van der Waals surface area contributed by atoms with E-state index in [1.165, 1.54) is 22.3 Å². The zero-order valence-electron chi connectivity index (χ0n) is 16.7. The van der Waals surface area contributed by atoms with Gasteiger partial charge in [0, 0.05) is 5.57 Å². The van der Waals surface area contributed by atoms with Crippen molar-refractivity contribution in [3.8, 4) is 0 Å². The second-order valence-corrected chi connectivity index (χ2v) is 8.73. The minimum atomic E-state index is -0.615. The van der Waals surface area contributed by atoms with Crippen molar-refractivity contribution < 1.29 is 4.79 Å². The van der Waals surface area contributed by atoms with Gasteiger partial charge in [-0.2, -0.15) is 0 Å². The van der Waals surface area contributed by atoms with E-state index in [0.717, 1.165) is 28.7 Å². The molecular formula is C24H28NO. The van der Waals surface area contributed by atoms with Gasteiger partial charge in [0.2, 0.25) is 0 Å². The molecular weight excluding hydrogens is 318 g/mol.